The number of fused-ring (bicyclic) bond motifs is 5. The van der Waals surface area contributed by atoms with Gasteiger partial charge in [0.05, 0.1) is 24.6 Å². The molecule has 180 valence electrons. The molecule has 0 unspecified atom stereocenters. The molecule has 1 N–H and O–H groups in total. The maximum absolute atomic E-state index is 13.1. The summed E-state index contributed by atoms with van der Waals surface area (Å²) in [6.07, 6.45) is 5.10. The first kappa shape index (κ1) is 21.9. The summed E-state index contributed by atoms with van der Waals surface area (Å²) < 4.78 is 12.9. The van der Waals surface area contributed by atoms with Crippen molar-refractivity contribution >= 4 is 21.7 Å². The molecule has 0 radical (unpaired) electrons. The fourth-order valence-electron chi connectivity index (χ4n) is 5.67. The van der Waals surface area contributed by atoms with Gasteiger partial charge in [-0.3, -0.25) is 14.3 Å². The molecule has 2 atom stereocenters. The Morgan fingerprint density at radius 2 is 2.00 bits per heavy atom. The number of nitrogens with one attached hydrogen (secondary N) is 1. The number of rotatable bonds is 6. The van der Waals surface area contributed by atoms with Crippen LogP contribution in [0.5, 0.6) is 11.5 Å². The number of benzene rings is 2. The van der Waals surface area contributed by atoms with Crippen LogP contribution in [0.3, 0.4) is 0 Å². The summed E-state index contributed by atoms with van der Waals surface area (Å²) in [7, 11) is 1.71. The van der Waals surface area contributed by atoms with Crippen molar-refractivity contribution < 1.29 is 9.47 Å². The first-order valence-electron chi connectivity index (χ1n) is 12.1. The van der Waals surface area contributed by atoms with Crippen molar-refractivity contribution in [1.29, 1.82) is 0 Å². The number of hydrogen-bond donors (Lipinski definition) is 1. The van der Waals surface area contributed by atoms with Crippen LogP contribution in [-0.4, -0.2) is 52.8 Å². The molecule has 8 nitrogen and oxygen atoms in total. The summed E-state index contributed by atoms with van der Waals surface area (Å²) in [5.74, 6) is 2.70. The Morgan fingerprint density at radius 3 is 2.89 bits per heavy atom. The molecule has 0 saturated carbocycles. The zero-order valence-corrected chi connectivity index (χ0v) is 19.7. The first-order valence-corrected chi connectivity index (χ1v) is 12.1. The molecule has 0 spiro atoms. The molecule has 0 aliphatic carbocycles. The second-order valence-electron chi connectivity index (χ2n) is 9.52. The normalized spacial score (nSPS) is 19.5. The number of pyridine rings is 1. The van der Waals surface area contributed by atoms with Crippen LogP contribution in [-0.2, 0) is 6.54 Å². The van der Waals surface area contributed by atoms with E-state index >= 15 is 0 Å². The summed E-state index contributed by atoms with van der Waals surface area (Å²) in [4.78, 5) is 35.2. The molecule has 6 rings (SSSR count). The van der Waals surface area contributed by atoms with Gasteiger partial charge in [-0.15, -0.1) is 0 Å². The highest BCUT2D eigenvalue weighted by atomic mass is 16.5. The quantitative estimate of drug-likeness (QED) is 0.343. The van der Waals surface area contributed by atoms with E-state index in [1.54, 1.807) is 19.5 Å². The highest BCUT2D eigenvalue weighted by Crippen LogP contribution is 2.46. The second-order valence-corrected chi connectivity index (χ2v) is 9.52. The van der Waals surface area contributed by atoms with Crippen LogP contribution in [0.1, 0.15) is 24.3 Å². The highest BCUT2D eigenvalue weighted by molar-refractivity contribution is 5.95. The molecule has 1 saturated heterocycles. The SMILES string of the molecule is COc1cccc2c1[C@@H]1CN(CCCCn3c(=O)[nH]c4cc5ccncc5cc4c3=O)C[C@H]1CO2. The summed E-state index contributed by atoms with van der Waals surface area (Å²) in [6, 6.07) is 11.5. The van der Waals surface area contributed by atoms with Crippen molar-refractivity contribution in [2.75, 3.05) is 33.4 Å². The molecule has 4 aromatic rings. The van der Waals surface area contributed by atoms with Gasteiger partial charge in [0, 0.05) is 54.8 Å². The minimum absolute atomic E-state index is 0.248. The van der Waals surface area contributed by atoms with Crippen molar-refractivity contribution in [3.8, 4) is 11.5 Å². The van der Waals surface area contributed by atoms with Gasteiger partial charge < -0.3 is 19.4 Å². The number of aromatic amines is 1. The Kier molecular flexibility index (Phi) is 5.53. The molecule has 2 aromatic heterocycles. The van der Waals surface area contributed by atoms with E-state index in [1.165, 1.54) is 10.1 Å². The molecular weight excluding hydrogens is 444 g/mol. The topological polar surface area (TPSA) is 89.5 Å². The number of H-pyrrole nitrogens is 1. The van der Waals surface area contributed by atoms with Crippen molar-refractivity contribution in [2.24, 2.45) is 5.92 Å². The zero-order chi connectivity index (χ0) is 23.9. The van der Waals surface area contributed by atoms with E-state index < -0.39 is 0 Å². The molecule has 8 heteroatoms. The fourth-order valence-corrected chi connectivity index (χ4v) is 5.67. The van der Waals surface area contributed by atoms with Gasteiger partial charge in [0.15, 0.2) is 0 Å². The molecule has 2 aliphatic rings. The summed E-state index contributed by atoms with van der Waals surface area (Å²) in [5.41, 5.74) is 1.14. The molecule has 4 heterocycles. The molecule has 2 aliphatic heterocycles. The highest BCUT2D eigenvalue weighted by Gasteiger charge is 2.40. The molecule has 2 aromatic carbocycles. The van der Waals surface area contributed by atoms with Crippen LogP contribution in [0, 0.1) is 5.92 Å². The van der Waals surface area contributed by atoms with E-state index in [1.807, 2.05) is 36.4 Å². The molecule has 0 amide bonds. The second kappa shape index (κ2) is 8.85. The minimum atomic E-state index is -0.357. The van der Waals surface area contributed by atoms with E-state index in [2.05, 4.69) is 14.9 Å². The lowest BCUT2D eigenvalue weighted by atomic mass is 9.86. The fraction of sp³-hybridized carbons (Fsp3) is 0.370. The van der Waals surface area contributed by atoms with Crippen molar-refractivity contribution in [3.05, 3.63) is 75.2 Å². The standard InChI is InChI=1S/C27H28N4O4/c1-34-23-5-4-6-24-25(23)21-15-30(14-19(21)16-35-24)9-2-3-10-31-26(32)20-11-18-13-28-8-7-17(18)12-22(20)29-27(31)33/h4-8,11-13,19,21H,2-3,9-10,14-16H2,1H3,(H,29,33)/t19-,21+/m0/s1. The van der Waals surface area contributed by atoms with E-state index in [0.29, 0.717) is 29.3 Å². The Bertz CT molecular complexity index is 1510. The number of hydrogen-bond acceptors (Lipinski definition) is 6. The number of unbranched alkanes of at least 4 members (excludes halogenated alkanes) is 1. The van der Waals surface area contributed by atoms with E-state index in [0.717, 1.165) is 61.4 Å². The van der Waals surface area contributed by atoms with Crippen LogP contribution in [0.4, 0.5) is 0 Å². The van der Waals surface area contributed by atoms with Crippen molar-refractivity contribution in [1.82, 2.24) is 19.4 Å². The Labute approximate surface area is 202 Å². The van der Waals surface area contributed by atoms with Crippen LogP contribution in [0.15, 0.2) is 58.4 Å². The van der Waals surface area contributed by atoms with Gasteiger partial charge in [-0.1, -0.05) is 6.07 Å². The Hall–Kier alpha value is -3.65. The van der Waals surface area contributed by atoms with Crippen molar-refractivity contribution in [3.63, 3.8) is 0 Å². The minimum Gasteiger partial charge on any atom is -0.496 e. The van der Waals surface area contributed by atoms with Crippen LogP contribution in [0.25, 0.3) is 21.7 Å². The molecule has 35 heavy (non-hydrogen) atoms. The van der Waals surface area contributed by atoms with E-state index in [4.69, 9.17) is 9.47 Å². The number of ether oxygens (including phenoxy) is 2. The lowest BCUT2D eigenvalue weighted by Crippen LogP contribution is -2.35. The van der Waals surface area contributed by atoms with Gasteiger partial charge in [-0.05, 0) is 55.1 Å². The van der Waals surface area contributed by atoms with Crippen LogP contribution in [0.2, 0.25) is 0 Å². The van der Waals surface area contributed by atoms with E-state index in [-0.39, 0.29) is 11.2 Å². The maximum Gasteiger partial charge on any atom is 0.328 e. The van der Waals surface area contributed by atoms with Crippen molar-refractivity contribution in [2.45, 2.75) is 25.3 Å². The number of methoxy groups -OCH3 is 1. The predicted molar refractivity (Wildman–Crippen MR) is 135 cm³/mol. The van der Waals surface area contributed by atoms with Gasteiger partial charge in [0.25, 0.3) is 5.56 Å². The van der Waals surface area contributed by atoms with Gasteiger partial charge in [0.1, 0.15) is 11.5 Å². The summed E-state index contributed by atoms with van der Waals surface area (Å²) >= 11 is 0. The Balaban J connectivity index is 1.13. The van der Waals surface area contributed by atoms with Gasteiger partial charge >= 0.3 is 5.69 Å². The lowest BCUT2D eigenvalue weighted by molar-refractivity contribution is 0.209. The third-order valence-corrected chi connectivity index (χ3v) is 7.43. The van der Waals surface area contributed by atoms with E-state index in [9.17, 15) is 9.59 Å². The molecular formula is C27H28N4O4. The number of nitrogens with zero attached hydrogens (tertiary/aromatic N) is 3. The average molecular weight is 473 g/mol. The average Bonchev–Trinajstić information content (AvgIpc) is 3.30. The third kappa shape index (κ3) is 3.87. The Morgan fingerprint density at radius 1 is 1.11 bits per heavy atom. The molecule has 0 bridgehead atoms. The van der Waals surface area contributed by atoms with Gasteiger partial charge in [-0.2, -0.15) is 0 Å². The van der Waals surface area contributed by atoms with Gasteiger partial charge in [-0.25, -0.2) is 4.79 Å². The monoisotopic (exact) mass is 472 g/mol. The lowest BCUT2D eigenvalue weighted by Gasteiger charge is -2.29. The summed E-state index contributed by atoms with van der Waals surface area (Å²) in [6.45, 7) is 4.01. The zero-order valence-electron chi connectivity index (χ0n) is 19.7. The van der Waals surface area contributed by atoms with Crippen LogP contribution >= 0.6 is 0 Å². The molecule has 1 fully saturated rings. The third-order valence-electron chi connectivity index (χ3n) is 7.43. The number of likely N-dealkylation sites (tertiary alicyclic amines) is 1. The maximum atomic E-state index is 13.1. The van der Waals surface area contributed by atoms with Gasteiger partial charge in [0.2, 0.25) is 0 Å². The summed E-state index contributed by atoms with van der Waals surface area (Å²) in [5, 5.41) is 2.34. The largest absolute Gasteiger partial charge is 0.496 e. The van der Waals surface area contributed by atoms with Crippen LogP contribution < -0.4 is 20.7 Å². The smallest absolute Gasteiger partial charge is 0.328 e. The first-order chi connectivity index (χ1) is 17.1. The predicted octanol–water partition coefficient (Wildman–Crippen LogP) is 3.13. The number of aromatic nitrogens is 3.